The second kappa shape index (κ2) is 7.16. The molecule has 0 atom stereocenters. The van der Waals surface area contributed by atoms with E-state index < -0.39 is 10.0 Å². The number of methoxy groups -OCH3 is 1. The Balaban J connectivity index is 1.47. The van der Waals surface area contributed by atoms with Crippen molar-refractivity contribution in [2.75, 3.05) is 20.2 Å². The van der Waals surface area contributed by atoms with Crippen molar-refractivity contribution in [3.8, 4) is 17.4 Å². The highest BCUT2D eigenvalue weighted by Crippen LogP contribution is 2.33. The highest BCUT2D eigenvalue weighted by atomic mass is 32.2. The van der Waals surface area contributed by atoms with E-state index in [0.29, 0.717) is 49.2 Å². The molecule has 0 unspecified atom stereocenters. The molecule has 0 saturated carbocycles. The van der Waals surface area contributed by atoms with Crippen LogP contribution < -0.4 is 4.74 Å². The predicted molar refractivity (Wildman–Crippen MR) is 95.7 cm³/mol. The summed E-state index contributed by atoms with van der Waals surface area (Å²) in [7, 11) is -2.15. The van der Waals surface area contributed by atoms with Crippen molar-refractivity contribution in [3.63, 3.8) is 0 Å². The minimum absolute atomic E-state index is 0.0188. The number of sulfonamides is 1. The largest absolute Gasteiger partial charge is 0.495 e. The van der Waals surface area contributed by atoms with Gasteiger partial charge in [-0.25, -0.2) is 8.42 Å². The molecule has 1 aliphatic heterocycles. The molecule has 27 heavy (non-hydrogen) atoms. The molecule has 3 heterocycles. The molecule has 1 aromatic carbocycles. The van der Waals surface area contributed by atoms with Crippen molar-refractivity contribution in [2.45, 2.75) is 23.7 Å². The first-order valence-corrected chi connectivity index (χ1v) is 10.0. The summed E-state index contributed by atoms with van der Waals surface area (Å²) in [6, 6.07) is 10.1. The molecule has 3 aromatic rings. The van der Waals surface area contributed by atoms with Gasteiger partial charge in [0.05, 0.1) is 13.4 Å². The first-order valence-electron chi connectivity index (χ1n) is 8.60. The van der Waals surface area contributed by atoms with Crippen molar-refractivity contribution >= 4 is 10.0 Å². The second-order valence-corrected chi connectivity index (χ2v) is 8.16. The van der Waals surface area contributed by atoms with Gasteiger partial charge in [0, 0.05) is 19.0 Å². The van der Waals surface area contributed by atoms with Gasteiger partial charge < -0.3 is 13.6 Å². The van der Waals surface area contributed by atoms with Crippen LogP contribution in [0.3, 0.4) is 0 Å². The van der Waals surface area contributed by atoms with Gasteiger partial charge in [0.25, 0.3) is 5.89 Å². The molecule has 142 valence electrons. The number of rotatable bonds is 5. The molecule has 8 nitrogen and oxygen atoms in total. The van der Waals surface area contributed by atoms with E-state index in [1.165, 1.54) is 11.4 Å². The van der Waals surface area contributed by atoms with Crippen LogP contribution >= 0.6 is 0 Å². The maximum Gasteiger partial charge on any atom is 0.283 e. The third-order valence-corrected chi connectivity index (χ3v) is 6.60. The summed E-state index contributed by atoms with van der Waals surface area (Å²) in [6.07, 6.45) is 2.75. The molecule has 4 rings (SSSR count). The van der Waals surface area contributed by atoms with E-state index in [2.05, 4.69) is 10.2 Å². The number of furan rings is 1. The molecule has 0 amide bonds. The molecule has 2 aromatic heterocycles. The topological polar surface area (TPSA) is 98.7 Å². The second-order valence-electron chi connectivity index (χ2n) is 6.25. The summed E-state index contributed by atoms with van der Waals surface area (Å²) in [5.41, 5.74) is 0. The lowest BCUT2D eigenvalue weighted by molar-refractivity contribution is 0.289. The van der Waals surface area contributed by atoms with Crippen LogP contribution in [0, 0.1) is 0 Å². The molecule has 1 saturated heterocycles. The summed E-state index contributed by atoms with van der Waals surface area (Å²) in [6.45, 7) is 0.757. The lowest BCUT2D eigenvalue weighted by Crippen LogP contribution is -2.38. The van der Waals surface area contributed by atoms with Crippen molar-refractivity contribution in [1.29, 1.82) is 0 Å². The number of hydrogen-bond acceptors (Lipinski definition) is 7. The highest BCUT2D eigenvalue weighted by Gasteiger charge is 2.33. The van der Waals surface area contributed by atoms with Gasteiger partial charge in [0.2, 0.25) is 15.9 Å². The van der Waals surface area contributed by atoms with Crippen molar-refractivity contribution < 1.29 is 22.0 Å². The quantitative estimate of drug-likeness (QED) is 0.661. The standard InChI is InChI=1S/C18H19N3O5S/c1-24-14-5-2-3-7-16(14)27(22,23)21-10-8-13(9-11-21)17-19-20-18(26-17)15-6-4-12-25-15/h2-7,12-13H,8-11H2,1H3. The zero-order chi connectivity index (χ0) is 18.9. The zero-order valence-corrected chi connectivity index (χ0v) is 15.6. The molecule has 0 spiro atoms. The van der Waals surface area contributed by atoms with E-state index >= 15 is 0 Å². The van der Waals surface area contributed by atoms with Gasteiger partial charge in [-0.2, -0.15) is 4.31 Å². The van der Waals surface area contributed by atoms with Gasteiger partial charge in [-0.3, -0.25) is 0 Å². The Hall–Kier alpha value is -2.65. The fourth-order valence-corrected chi connectivity index (χ4v) is 4.84. The fraction of sp³-hybridized carbons (Fsp3) is 0.333. The average molecular weight is 389 g/mol. The van der Waals surface area contributed by atoms with Gasteiger partial charge >= 0.3 is 0 Å². The van der Waals surface area contributed by atoms with E-state index in [4.69, 9.17) is 13.6 Å². The van der Waals surface area contributed by atoms with Gasteiger partial charge in [-0.05, 0) is 37.1 Å². The van der Waals surface area contributed by atoms with E-state index in [0.717, 1.165) is 0 Å². The number of benzene rings is 1. The molecular formula is C18H19N3O5S. The lowest BCUT2D eigenvalue weighted by atomic mass is 9.98. The Morgan fingerprint density at radius 3 is 2.59 bits per heavy atom. The van der Waals surface area contributed by atoms with E-state index in [-0.39, 0.29) is 10.8 Å². The summed E-state index contributed by atoms with van der Waals surface area (Å²) < 4.78 is 43.5. The number of ether oxygens (including phenoxy) is 1. The number of hydrogen-bond donors (Lipinski definition) is 0. The Labute approximate surface area is 156 Å². The first kappa shape index (κ1) is 17.7. The molecule has 0 radical (unpaired) electrons. The number of nitrogens with zero attached hydrogens (tertiary/aromatic N) is 3. The third kappa shape index (κ3) is 3.35. The van der Waals surface area contributed by atoms with Gasteiger partial charge in [-0.15, -0.1) is 10.2 Å². The first-order chi connectivity index (χ1) is 13.1. The van der Waals surface area contributed by atoms with Crippen molar-refractivity contribution in [1.82, 2.24) is 14.5 Å². The smallest absolute Gasteiger partial charge is 0.283 e. The van der Waals surface area contributed by atoms with E-state index in [1.807, 2.05) is 0 Å². The van der Waals surface area contributed by atoms with Crippen LogP contribution in [-0.4, -0.2) is 43.1 Å². The van der Waals surface area contributed by atoms with Crippen LogP contribution in [0.4, 0.5) is 0 Å². The zero-order valence-electron chi connectivity index (χ0n) is 14.7. The summed E-state index contributed by atoms with van der Waals surface area (Å²) in [4.78, 5) is 0.184. The molecule has 1 aliphatic rings. The van der Waals surface area contributed by atoms with Gasteiger partial charge in [0.15, 0.2) is 5.76 Å². The normalized spacial score (nSPS) is 16.5. The van der Waals surface area contributed by atoms with E-state index in [9.17, 15) is 8.42 Å². The van der Waals surface area contributed by atoms with Crippen LogP contribution in [0.1, 0.15) is 24.7 Å². The minimum atomic E-state index is -3.61. The van der Waals surface area contributed by atoms with Gasteiger partial charge in [0.1, 0.15) is 10.6 Å². The van der Waals surface area contributed by atoms with Crippen LogP contribution in [0.2, 0.25) is 0 Å². The molecular weight excluding hydrogens is 370 g/mol. The summed E-state index contributed by atoms with van der Waals surface area (Å²) in [5.74, 6) is 1.73. The lowest BCUT2D eigenvalue weighted by Gasteiger charge is -2.30. The van der Waals surface area contributed by atoms with Crippen molar-refractivity contribution in [2.24, 2.45) is 0 Å². The molecule has 9 heteroatoms. The SMILES string of the molecule is COc1ccccc1S(=O)(=O)N1CCC(c2nnc(-c3ccco3)o2)CC1. The number of para-hydroxylation sites is 1. The summed E-state index contributed by atoms with van der Waals surface area (Å²) in [5, 5.41) is 8.12. The molecule has 1 fully saturated rings. The fourth-order valence-electron chi connectivity index (χ4n) is 3.21. The average Bonchev–Trinajstić information content (AvgIpc) is 3.39. The highest BCUT2D eigenvalue weighted by molar-refractivity contribution is 7.89. The van der Waals surface area contributed by atoms with Crippen molar-refractivity contribution in [3.05, 3.63) is 48.6 Å². The Kier molecular flexibility index (Phi) is 4.71. The van der Waals surface area contributed by atoms with Crippen LogP contribution in [0.25, 0.3) is 11.7 Å². The molecule has 0 aliphatic carbocycles. The van der Waals surface area contributed by atoms with Gasteiger partial charge in [-0.1, -0.05) is 12.1 Å². The predicted octanol–water partition coefficient (Wildman–Crippen LogP) is 2.91. The summed E-state index contributed by atoms with van der Waals surface area (Å²) >= 11 is 0. The van der Waals surface area contributed by atoms with E-state index in [1.54, 1.807) is 42.7 Å². The Morgan fingerprint density at radius 2 is 1.89 bits per heavy atom. The number of piperidine rings is 1. The molecule has 0 bridgehead atoms. The number of aromatic nitrogens is 2. The Bertz CT molecular complexity index is 1010. The maximum absolute atomic E-state index is 13.0. The monoisotopic (exact) mass is 389 g/mol. The molecule has 0 N–H and O–H groups in total. The van der Waals surface area contributed by atoms with Crippen LogP contribution in [-0.2, 0) is 10.0 Å². The minimum Gasteiger partial charge on any atom is -0.495 e. The third-order valence-electron chi connectivity index (χ3n) is 4.66. The maximum atomic E-state index is 13.0. The Morgan fingerprint density at radius 1 is 1.11 bits per heavy atom. The van der Waals surface area contributed by atoms with Crippen LogP contribution in [0.5, 0.6) is 5.75 Å². The van der Waals surface area contributed by atoms with Crippen LogP contribution in [0.15, 0.2) is 56.4 Å².